The molecule has 0 radical (unpaired) electrons. The Morgan fingerprint density at radius 3 is 2.88 bits per heavy atom. The third-order valence-electron chi connectivity index (χ3n) is 9.14. The molecular weight excluding hydrogens is 418 g/mol. The van der Waals surface area contributed by atoms with Gasteiger partial charge in [0.15, 0.2) is 0 Å². The van der Waals surface area contributed by atoms with Crippen molar-refractivity contribution in [1.29, 1.82) is 0 Å². The molecule has 0 aliphatic heterocycles. The zero-order valence-electron chi connectivity index (χ0n) is 21.9. The number of pyridine rings is 1. The summed E-state index contributed by atoms with van der Waals surface area (Å²) in [5.74, 6) is 2.89. The topological polar surface area (TPSA) is 39.2 Å². The molecule has 1 aromatic heterocycles. The predicted octanol–water partition coefficient (Wildman–Crippen LogP) is 8.17. The van der Waals surface area contributed by atoms with Gasteiger partial charge in [0, 0.05) is 25.2 Å². The molecule has 186 valence electrons. The van der Waals surface area contributed by atoms with Gasteiger partial charge in [0.25, 0.3) is 0 Å². The summed E-state index contributed by atoms with van der Waals surface area (Å²) in [6.45, 7) is 9.11. The van der Waals surface area contributed by atoms with Crippen LogP contribution in [0.2, 0.25) is 0 Å². The maximum absolute atomic E-state index is 12.3. The van der Waals surface area contributed by atoms with E-state index in [9.17, 15) is 4.79 Å². The van der Waals surface area contributed by atoms with E-state index in [4.69, 9.17) is 4.74 Å². The molecule has 1 aromatic rings. The maximum atomic E-state index is 12.3. The lowest BCUT2D eigenvalue weighted by atomic mass is 9.51. The van der Waals surface area contributed by atoms with Crippen LogP contribution in [0.5, 0.6) is 0 Å². The molecule has 0 unspecified atom stereocenters. The van der Waals surface area contributed by atoms with Gasteiger partial charge in [0.05, 0.1) is 0 Å². The lowest BCUT2D eigenvalue weighted by molar-refractivity contribution is -0.151. The number of rotatable bonds is 8. The van der Waals surface area contributed by atoms with Crippen LogP contribution in [0.15, 0.2) is 42.3 Å². The quantitative estimate of drug-likeness (QED) is 0.288. The Balaban J connectivity index is 1.42. The van der Waals surface area contributed by atoms with Crippen LogP contribution in [0, 0.1) is 29.1 Å². The molecule has 4 rings (SSSR count). The van der Waals surface area contributed by atoms with Gasteiger partial charge in [-0.15, -0.1) is 0 Å². The molecule has 0 amide bonds. The largest absolute Gasteiger partial charge is 0.462 e. The summed E-state index contributed by atoms with van der Waals surface area (Å²) in [5.41, 5.74) is 4.59. The SMILES string of the molecule is CC/C(=C\C[C@@H]1CCC[C@H]2[C@H]1CC=C1C[C@@H](OC(=O)CCC(C)C)CC[C@@]12C)c1cccnc1. The molecule has 2 fully saturated rings. The summed E-state index contributed by atoms with van der Waals surface area (Å²) < 4.78 is 5.92. The first-order valence-electron chi connectivity index (χ1n) is 13.9. The van der Waals surface area contributed by atoms with Crippen molar-refractivity contribution in [3.8, 4) is 0 Å². The van der Waals surface area contributed by atoms with Crippen molar-refractivity contribution in [3.05, 3.63) is 47.8 Å². The number of fused-ring (bicyclic) bond motifs is 3. The maximum Gasteiger partial charge on any atom is 0.306 e. The second-order valence-electron chi connectivity index (χ2n) is 11.7. The van der Waals surface area contributed by atoms with E-state index < -0.39 is 0 Å². The van der Waals surface area contributed by atoms with Crippen molar-refractivity contribution in [3.63, 3.8) is 0 Å². The highest BCUT2D eigenvalue weighted by molar-refractivity contribution is 5.69. The molecule has 0 bridgehead atoms. The molecule has 1 heterocycles. The third-order valence-corrected chi connectivity index (χ3v) is 9.14. The minimum Gasteiger partial charge on any atom is -0.462 e. The van der Waals surface area contributed by atoms with Gasteiger partial charge in [-0.2, -0.15) is 0 Å². The van der Waals surface area contributed by atoms with Crippen molar-refractivity contribution >= 4 is 11.5 Å². The summed E-state index contributed by atoms with van der Waals surface area (Å²) in [5, 5.41) is 0. The Kier molecular flexibility index (Phi) is 8.32. The van der Waals surface area contributed by atoms with Crippen LogP contribution in [0.3, 0.4) is 0 Å². The molecule has 3 heteroatoms. The van der Waals surface area contributed by atoms with Crippen molar-refractivity contribution < 1.29 is 9.53 Å². The number of carbonyl (C=O) groups excluding carboxylic acids is 1. The zero-order chi connectivity index (χ0) is 24.1. The van der Waals surface area contributed by atoms with Crippen molar-refractivity contribution in [2.45, 2.75) is 104 Å². The zero-order valence-corrected chi connectivity index (χ0v) is 21.9. The highest BCUT2D eigenvalue weighted by Gasteiger charge is 2.49. The molecule has 0 N–H and O–H groups in total. The summed E-state index contributed by atoms with van der Waals surface area (Å²) in [7, 11) is 0. The summed E-state index contributed by atoms with van der Waals surface area (Å²) >= 11 is 0. The normalized spacial score (nSPS) is 31.4. The minimum absolute atomic E-state index is 0.00134. The second-order valence-corrected chi connectivity index (χ2v) is 11.7. The predicted molar refractivity (Wildman–Crippen MR) is 140 cm³/mol. The molecule has 3 aliphatic rings. The van der Waals surface area contributed by atoms with Gasteiger partial charge in [-0.1, -0.05) is 57.9 Å². The first-order valence-corrected chi connectivity index (χ1v) is 13.9. The molecule has 5 atom stereocenters. The van der Waals surface area contributed by atoms with Crippen molar-refractivity contribution in [2.75, 3.05) is 0 Å². The smallest absolute Gasteiger partial charge is 0.306 e. The van der Waals surface area contributed by atoms with E-state index in [1.54, 1.807) is 5.57 Å². The van der Waals surface area contributed by atoms with Gasteiger partial charge in [0.1, 0.15) is 6.10 Å². The second kappa shape index (κ2) is 11.2. The van der Waals surface area contributed by atoms with Crippen LogP contribution < -0.4 is 0 Å². The first kappa shape index (κ1) is 25.2. The van der Waals surface area contributed by atoms with E-state index in [0.717, 1.165) is 43.4 Å². The lowest BCUT2D eigenvalue weighted by Gasteiger charge is -2.54. The molecule has 3 nitrogen and oxygen atoms in total. The number of hydrogen-bond donors (Lipinski definition) is 0. The number of nitrogens with zero attached hydrogens (tertiary/aromatic N) is 1. The molecule has 3 aliphatic carbocycles. The average Bonchev–Trinajstić information content (AvgIpc) is 2.84. The average molecular weight is 464 g/mol. The van der Waals surface area contributed by atoms with E-state index in [2.05, 4.69) is 50.9 Å². The molecule has 0 saturated heterocycles. The Morgan fingerprint density at radius 2 is 2.15 bits per heavy atom. The fraction of sp³-hybridized carbons (Fsp3) is 0.677. The minimum atomic E-state index is 0.00134. The van der Waals surface area contributed by atoms with Crippen LogP contribution in [-0.4, -0.2) is 17.1 Å². The molecule has 34 heavy (non-hydrogen) atoms. The summed E-state index contributed by atoms with van der Waals surface area (Å²) in [6.07, 6.45) is 21.2. The fourth-order valence-electron chi connectivity index (χ4n) is 7.08. The number of hydrogen-bond acceptors (Lipinski definition) is 3. The van der Waals surface area contributed by atoms with Gasteiger partial charge in [-0.05, 0) is 97.7 Å². The molecule has 0 aromatic carbocycles. The van der Waals surface area contributed by atoms with Crippen molar-refractivity contribution in [2.24, 2.45) is 29.1 Å². The van der Waals surface area contributed by atoms with E-state index >= 15 is 0 Å². The lowest BCUT2D eigenvalue weighted by Crippen LogP contribution is -2.46. The number of ether oxygens (including phenoxy) is 1. The Bertz CT molecular complexity index is 886. The molecule has 0 spiro atoms. The van der Waals surface area contributed by atoms with Crippen LogP contribution in [0.1, 0.15) is 104 Å². The number of allylic oxidation sites excluding steroid dienone is 3. The fourth-order valence-corrected chi connectivity index (χ4v) is 7.08. The van der Waals surface area contributed by atoms with E-state index in [0.29, 0.717) is 17.8 Å². The highest BCUT2D eigenvalue weighted by atomic mass is 16.5. The highest BCUT2D eigenvalue weighted by Crippen LogP contribution is 2.58. The number of esters is 1. The monoisotopic (exact) mass is 463 g/mol. The van der Waals surface area contributed by atoms with Crippen molar-refractivity contribution in [1.82, 2.24) is 4.98 Å². The van der Waals surface area contributed by atoms with Gasteiger partial charge < -0.3 is 4.74 Å². The summed E-state index contributed by atoms with van der Waals surface area (Å²) in [4.78, 5) is 16.7. The van der Waals surface area contributed by atoms with Gasteiger partial charge >= 0.3 is 5.97 Å². The summed E-state index contributed by atoms with van der Waals surface area (Å²) in [6, 6.07) is 4.23. The van der Waals surface area contributed by atoms with Gasteiger partial charge in [-0.25, -0.2) is 0 Å². The van der Waals surface area contributed by atoms with Crippen LogP contribution in [0.4, 0.5) is 0 Å². The standard InChI is InChI=1S/C31H45NO2/c1-5-23(25-9-7-19-32-21-25)12-13-24-8-6-10-29-28(24)15-14-26-20-27(17-18-31(26,29)4)34-30(33)16-11-22(2)3/h7,9,12,14,19,21-22,24,27-29H,5-6,8,10-11,13,15-18,20H2,1-4H3/b23-12+/t24-,27-,28-,29-,31-/m0/s1. The number of carbonyl (C=O) groups is 1. The molecule has 2 saturated carbocycles. The third kappa shape index (κ3) is 5.66. The Labute approximate surface area is 207 Å². The van der Waals surface area contributed by atoms with E-state index in [1.807, 2.05) is 18.5 Å². The Hall–Kier alpha value is -1.90. The van der Waals surface area contributed by atoms with Gasteiger partial charge in [-0.3, -0.25) is 9.78 Å². The van der Waals surface area contributed by atoms with Gasteiger partial charge in [0.2, 0.25) is 0 Å². The first-order chi connectivity index (χ1) is 16.4. The number of aromatic nitrogens is 1. The van der Waals surface area contributed by atoms with Crippen LogP contribution in [-0.2, 0) is 9.53 Å². The van der Waals surface area contributed by atoms with E-state index in [-0.39, 0.29) is 12.1 Å². The molecular formula is C31H45NO2. The van der Waals surface area contributed by atoms with Crippen LogP contribution >= 0.6 is 0 Å². The van der Waals surface area contributed by atoms with Crippen LogP contribution in [0.25, 0.3) is 5.57 Å². The Morgan fingerprint density at radius 1 is 1.29 bits per heavy atom. The van der Waals surface area contributed by atoms with E-state index in [1.165, 1.54) is 49.7 Å².